The SMILES string of the molecule is c1ccc(-c2cccc3c2oc2c(N(c4ccc(-c5ccc6sc7ccccc7c6c5)cc4)c4ccc(-c5cccc6ccccc56)c5ccccc45)cccc23)cc1. The van der Waals surface area contributed by atoms with Gasteiger partial charge in [0.15, 0.2) is 5.58 Å². The van der Waals surface area contributed by atoms with Crippen LogP contribution < -0.4 is 4.90 Å². The van der Waals surface area contributed by atoms with E-state index in [2.05, 4.69) is 217 Å². The molecule has 10 aromatic carbocycles. The number of thiophene rings is 1. The van der Waals surface area contributed by atoms with E-state index in [-0.39, 0.29) is 0 Å². The van der Waals surface area contributed by atoms with Gasteiger partial charge in [-0.2, -0.15) is 0 Å². The van der Waals surface area contributed by atoms with Gasteiger partial charge in [0.1, 0.15) is 5.58 Å². The topological polar surface area (TPSA) is 16.4 Å². The Hall–Kier alpha value is -7.46. The van der Waals surface area contributed by atoms with Crippen LogP contribution in [0.4, 0.5) is 17.1 Å². The minimum Gasteiger partial charge on any atom is -0.453 e. The van der Waals surface area contributed by atoms with E-state index < -0.39 is 0 Å². The van der Waals surface area contributed by atoms with Gasteiger partial charge in [-0.1, -0.05) is 170 Å². The number of benzene rings is 10. The molecule has 0 bridgehead atoms. The smallest absolute Gasteiger partial charge is 0.159 e. The minimum absolute atomic E-state index is 0.854. The molecule has 2 heterocycles. The standard InChI is InChI=1S/C56H35NOS/c1-2-13-38(14-3-1)42-21-11-23-48-49-24-12-25-52(56(49)58-55(42)48)57(40-30-27-36(28-31-40)39-29-34-54-50(35-39)47-20-8-9-26-53(47)59-54)51-33-32-45(44-18-6-7-19-46(44)51)43-22-10-16-37-15-4-5-17-41(37)43/h1-35H. The van der Waals surface area contributed by atoms with Crippen LogP contribution in [0.15, 0.2) is 217 Å². The van der Waals surface area contributed by atoms with E-state index in [1.54, 1.807) is 0 Å². The molecular weight excluding hydrogens is 735 g/mol. The van der Waals surface area contributed by atoms with Crippen LogP contribution in [0.5, 0.6) is 0 Å². The van der Waals surface area contributed by atoms with Crippen molar-refractivity contribution in [2.45, 2.75) is 0 Å². The van der Waals surface area contributed by atoms with Gasteiger partial charge >= 0.3 is 0 Å². The fraction of sp³-hybridized carbons (Fsp3) is 0. The van der Waals surface area contributed by atoms with Gasteiger partial charge in [-0.25, -0.2) is 0 Å². The molecule has 12 rings (SSSR count). The second kappa shape index (κ2) is 13.6. The minimum atomic E-state index is 0.854. The third-order valence-corrected chi connectivity index (χ3v) is 13.0. The zero-order valence-corrected chi connectivity index (χ0v) is 32.8. The zero-order valence-electron chi connectivity index (χ0n) is 32.0. The van der Waals surface area contributed by atoms with Crippen molar-refractivity contribution in [3.63, 3.8) is 0 Å². The summed E-state index contributed by atoms with van der Waals surface area (Å²) in [6.07, 6.45) is 0. The maximum atomic E-state index is 7.07. The lowest BCUT2D eigenvalue weighted by Crippen LogP contribution is -2.11. The van der Waals surface area contributed by atoms with Gasteiger partial charge in [0.25, 0.3) is 0 Å². The molecule has 12 aromatic rings. The molecule has 59 heavy (non-hydrogen) atoms. The lowest BCUT2D eigenvalue weighted by Gasteiger charge is -2.28. The van der Waals surface area contributed by atoms with Crippen LogP contribution in [0.1, 0.15) is 0 Å². The van der Waals surface area contributed by atoms with Crippen molar-refractivity contribution in [1.82, 2.24) is 0 Å². The highest BCUT2D eigenvalue weighted by Gasteiger charge is 2.23. The van der Waals surface area contributed by atoms with E-state index >= 15 is 0 Å². The molecule has 0 unspecified atom stereocenters. The summed E-state index contributed by atoms with van der Waals surface area (Å²) in [6, 6.07) is 76.8. The lowest BCUT2D eigenvalue weighted by molar-refractivity contribution is 0.670. The van der Waals surface area contributed by atoms with Crippen LogP contribution in [0.25, 0.3) is 97.0 Å². The number of para-hydroxylation sites is 2. The van der Waals surface area contributed by atoms with Crippen molar-refractivity contribution in [1.29, 1.82) is 0 Å². The van der Waals surface area contributed by atoms with Crippen LogP contribution >= 0.6 is 11.3 Å². The average molecular weight is 770 g/mol. The van der Waals surface area contributed by atoms with Gasteiger partial charge in [0.2, 0.25) is 0 Å². The quantitative estimate of drug-likeness (QED) is 0.167. The van der Waals surface area contributed by atoms with Crippen molar-refractivity contribution < 1.29 is 4.42 Å². The molecule has 2 aromatic heterocycles. The van der Waals surface area contributed by atoms with Gasteiger partial charge < -0.3 is 9.32 Å². The van der Waals surface area contributed by atoms with Crippen LogP contribution in [-0.2, 0) is 0 Å². The summed E-state index contributed by atoms with van der Waals surface area (Å²) in [4.78, 5) is 2.39. The molecule has 0 aliphatic carbocycles. The summed E-state index contributed by atoms with van der Waals surface area (Å²) < 4.78 is 9.70. The normalized spacial score (nSPS) is 11.7. The number of hydrogen-bond acceptors (Lipinski definition) is 3. The number of nitrogens with zero attached hydrogens (tertiary/aromatic N) is 1. The predicted molar refractivity (Wildman–Crippen MR) is 253 cm³/mol. The molecule has 0 saturated heterocycles. The molecule has 3 heteroatoms. The zero-order chi connectivity index (χ0) is 38.9. The Labute approximate surface area is 345 Å². The van der Waals surface area contributed by atoms with Crippen LogP contribution in [0, 0.1) is 0 Å². The Balaban J connectivity index is 1.07. The summed E-state index contributed by atoms with van der Waals surface area (Å²) in [6.45, 7) is 0. The summed E-state index contributed by atoms with van der Waals surface area (Å²) in [5.74, 6) is 0. The van der Waals surface area contributed by atoms with Gasteiger partial charge in [0, 0.05) is 47.6 Å². The number of furan rings is 1. The monoisotopic (exact) mass is 769 g/mol. The van der Waals surface area contributed by atoms with E-state index in [1.807, 2.05) is 11.3 Å². The van der Waals surface area contributed by atoms with E-state index in [0.717, 1.165) is 55.5 Å². The van der Waals surface area contributed by atoms with Crippen molar-refractivity contribution in [3.8, 4) is 33.4 Å². The molecule has 0 radical (unpaired) electrons. The second-order valence-corrected chi connectivity index (χ2v) is 16.3. The number of anilines is 3. The highest BCUT2D eigenvalue weighted by atomic mass is 32.1. The van der Waals surface area contributed by atoms with E-state index in [9.17, 15) is 0 Å². The van der Waals surface area contributed by atoms with Gasteiger partial charge in [-0.05, 0) is 86.4 Å². The van der Waals surface area contributed by atoms with Crippen molar-refractivity contribution in [2.24, 2.45) is 0 Å². The Morgan fingerprint density at radius 2 is 0.932 bits per heavy atom. The molecule has 0 fully saturated rings. The van der Waals surface area contributed by atoms with Crippen molar-refractivity contribution in [2.75, 3.05) is 4.90 Å². The lowest BCUT2D eigenvalue weighted by atomic mass is 9.93. The van der Waals surface area contributed by atoms with Gasteiger partial charge in [-0.3, -0.25) is 0 Å². The largest absolute Gasteiger partial charge is 0.453 e. The fourth-order valence-electron chi connectivity index (χ4n) is 9.12. The molecule has 0 amide bonds. The van der Waals surface area contributed by atoms with Crippen LogP contribution in [-0.4, -0.2) is 0 Å². The third-order valence-electron chi connectivity index (χ3n) is 11.9. The second-order valence-electron chi connectivity index (χ2n) is 15.2. The Bertz CT molecular complexity index is 3550. The average Bonchev–Trinajstić information content (AvgIpc) is 3.88. The summed E-state index contributed by atoms with van der Waals surface area (Å²) in [5.41, 5.74) is 11.9. The number of fused-ring (bicyclic) bond motifs is 8. The first kappa shape index (κ1) is 33.7. The van der Waals surface area contributed by atoms with Gasteiger partial charge in [0.05, 0.1) is 11.4 Å². The summed E-state index contributed by atoms with van der Waals surface area (Å²) >= 11 is 1.85. The maximum Gasteiger partial charge on any atom is 0.159 e. The Kier molecular flexibility index (Phi) is 7.75. The van der Waals surface area contributed by atoms with Crippen molar-refractivity contribution in [3.05, 3.63) is 212 Å². The molecule has 0 aliphatic rings. The predicted octanol–water partition coefficient (Wildman–Crippen LogP) is 16.7. The van der Waals surface area contributed by atoms with Crippen LogP contribution in [0.2, 0.25) is 0 Å². The van der Waals surface area contributed by atoms with E-state index in [1.165, 1.54) is 58.6 Å². The van der Waals surface area contributed by atoms with E-state index in [4.69, 9.17) is 4.42 Å². The Morgan fingerprint density at radius 3 is 1.80 bits per heavy atom. The molecule has 0 atom stereocenters. The summed E-state index contributed by atoms with van der Waals surface area (Å²) in [5, 5.41) is 9.64. The molecule has 0 aliphatic heterocycles. The van der Waals surface area contributed by atoms with Crippen molar-refractivity contribution >= 4 is 92.1 Å². The Morgan fingerprint density at radius 1 is 0.322 bits per heavy atom. The molecule has 0 spiro atoms. The molecule has 0 saturated carbocycles. The molecular formula is C56H35NOS. The first-order valence-corrected chi connectivity index (χ1v) is 20.9. The molecule has 0 N–H and O–H groups in total. The first-order valence-electron chi connectivity index (χ1n) is 20.1. The molecule has 276 valence electrons. The van der Waals surface area contributed by atoms with Gasteiger partial charge in [-0.15, -0.1) is 11.3 Å². The highest BCUT2D eigenvalue weighted by Crippen LogP contribution is 2.48. The number of rotatable bonds is 6. The fourth-order valence-corrected chi connectivity index (χ4v) is 10.2. The third kappa shape index (κ3) is 5.47. The number of hydrogen-bond donors (Lipinski definition) is 0. The van der Waals surface area contributed by atoms with Crippen LogP contribution in [0.3, 0.4) is 0 Å². The molecule has 2 nitrogen and oxygen atoms in total. The highest BCUT2D eigenvalue weighted by molar-refractivity contribution is 7.25. The first-order chi connectivity index (χ1) is 29.3. The maximum absolute atomic E-state index is 7.07. The van der Waals surface area contributed by atoms with E-state index in [0.29, 0.717) is 0 Å². The summed E-state index contributed by atoms with van der Waals surface area (Å²) in [7, 11) is 0.